The lowest BCUT2D eigenvalue weighted by Crippen LogP contribution is -2.09. The molecule has 1 fully saturated rings. The quantitative estimate of drug-likeness (QED) is 0.493. The molecule has 0 aromatic carbocycles. The first-order chi connectivity index (χ1) is 4.47. The predicted molar refractivity (Wildman–Crippen MR) is 42.3 cm³/mol. The molecule has 0 saturated carbocycles. The molecule has 0 aromatic heterocycles. The third kappa shape index (κ3) is 0.917. The molecule has 0 aromatic rings. The van der Waals surface area contributed by atoms with Gasteiger partial charge >= 0.3 is 0 Å². The normalized spacial score (nSPS) is 32.0. The van der Waals surface area contributed by atoms with Crippen LogP contribution < -0.4 is 0 Å². The number of aliphatic imine (C=N–C) groups is 1. The van der Waals surface area contributed by atoms with E-state index in [1.54, 1.807) is 5.57 Å². The van der Waals surface area contributed by atoms with Gasteiger partial charge in [0.2, 0.25) is 0 Å². The van der Waals surface area contributed by atoms with Crippen LogP contribution in [0.3, 0.4) is 0 Å². The van der Waals surface area contributed by atoms with Gasteiger partial charge in [0.15, 0.2) is 0 Å². The van der Waals surface area contributed by atoms with Gasteiger partial charge in [0.25, 0.3) is 0 Å². The fourth-order valence-corrected chi connectivity index (χ4v) is 2.52. The number of thioether (sulfide) groups is 1. The van der Waals surface area contributed by atoms with Crippen molar-refractivity contribution in [3.63, 3.8) is 0 Å². The smallest absolute Gasteiger partial charge is 0.0463 e. The Balaban J connectivity index is 2.23. The van der Waals surface area contributed by atoms with E-state index in [-0.39, 0.29) is 0 Å². The lowest BCUT2D eigenvalue weighted by Gasteiger charge is -2.09. The fourth-order valence-electron chi connectivity index (χ4n) is 1.23. The minimum Gasteiger partial charge on any atom is -0.293 e. The van der Waals surface area contributed by atoms with E-state index in [0.29, 0.717) is 0 Å². The van der Waals surface area contributed by atoms with E-state index < -0.39 is 0 Å². The molecule has 0 bridgehead atoms. The van der Waals surface area contributed by atoms with Crippen LogP contribution in [0.25, 0.3) is 0 Å². The molecule has 2 aliphatic heterocycles. The number of hydrogen-bond donors (Lipinski definition) is 0. The number of allylic oxidation sites excluding steroid dienone is 1. The second kappa shape index (κ2) is 2.18. The van der Waals surface area contributed by atoms with Crippen molar-refractivity contribution in [2.75, 3.05) is 18.1 Å². The highest BCUT2D eigenvalue weighted by molar-refractivity contribution is 7.99. The third-order valence-corrected chi connectivity index (χ3v) is 3.01. The average molecular weight is 139 g/mol. The van der Waals surface area contributed by atoms with Crippen molar-refractivity contribution in [3.8, 4) is 0 Å². The third-order valence-electron chi connectivity index (χ3n) is 1.83. The molecule has 1 atom stereocenters. The van der Waals surface area contributed by atoms with Gasteiger partial charge in [0, 0.05) is 30.2 Å². The maximum absolute atomic E-state index is 4.21. The molecular formula is C7H9NS. The van der Waals surface area contributed by atoms with Crippen LogP contribution in [0.5, 0.6) is 0 Å². The molecule has 1 unspecified atom stereocenters. The van der Waals surface area contributed by atoms with Crippen LogP contribution in [0.2, 0.25) is 0 Å². The Hall–Kier alpha value is -0.240. The number of hydrogen-bond acceptors (Lipinski definition) is 2. The molecule has 0 radical (unpaired) electrons. The second-order valence-electron chi connectivity index (χ2n) is 2.47. The van der Waals surface area contributed by atoms with Gasteiger partial charge in [0.1, 0.15) is 0 Å². The number of nitrogens with zero attached hydrogens (tertiary/aromatic N) is 1. The number of rotatable bonds is 0. The zero-order valence-corrected chi connectivity index (χ0v) is 6.03. The van der Waals surface area contributed by atoms with Gasteiger partial charge in [-0.05, 0) is 6.08 Å². The van der Waals surface area contributed by atoms with Gasteiger partial charge in [-0.25, -0.2) is 0 Å². The van der Waals surface area contributed by atoms with E-state index in [1.165, 1.54) is 11.5 Å². The summed E-state index contributed by atoms with van der Waals surface area (Å²) in [6.45, 7) is 1.04. The summed E-state index contributed by atoms with van der Waals surface area (Å²) in [6, 6.07) is 0. The molecule has 0 aliphatic carbocycles. The van der Waals surface area contributed by atoms with E-state index >= 15 is 0 Å². The van der Waals surface area contributed by atoms with E-state index in [1.807, 2.05) is 18.0 Å². The van der Waals surface area contributed by atoms with Crippen molar-refractivity contribution >= 4 is 18.0 Å². The van der Waals surface area contributed by atoms with Crippen LogP contribution in [0.15, 0.2) is 16.6 Å². The SMILES string of the molecule is C1=NCC2CSCC2=C1. The Labute approximate surface area is 59.2 Å². The van der Waals surface area contributed by atoms with E-state index in [4.69, 9.17) is 0 Å². The number of dihydropyridines is 1. The first-order valence-corrected chi connectivity index (χ1v) is 4.39. The summed E-state index contributed by atoms with van der Waals surface area (Å²) in [7, 11) is 0. The summed E-state index contributed by atoms with van der Waals surface area (Å²) in [5.41, 5.74) is 1.61. The van der Waals surface area contributed by atoms with Crippen molar-refractivity contribution in [3.05, 3.63) is 11.6 Å². The Kier molecular flexibility index (Phi) is 1.34. The Bertz CT molecular complexity index is 172. The summed E-state index contributed by atoms with van der Waals surface area (Å²) in [4.78, 5) is 4.21. The molecule has 1 saturated heterocycles. The molecule has 48 valence electrons. The van der Waals surface area contributed by atoms with E-state index in [2.05, 4.69) is 11.1 Å². The second-order valence-corrected chi connectivity index (χ2v) is 3.50. The molecule has 0 spiro atoms. The Morgan fingerprint density at radius 1 is 1.67 bits per heavy atom. The molecule has 9 heavy (non-hydrogen) atoms. The van der Waals surface area contributed by atoms with E-state index in [9.17, 15) is 0 Å². The van der Waals surface area contributed by atoms with Crippen molar-refractivity contribution in [1.82, 2.24) is 0 Å². The standard InChI is InChI=1S/C7H9NS/c1-2-8-3-7-5-9-4-6(1)7/h1-2,7H,3-5H2. The highest BCUT2D eigenvalue weighted by Crippen LogP contribution is 2.30. The first-order valence-electron chi connectivity index (χ1n) is 3.23. The molecule has 0 amide bonds. The van der Waals surface area contributed by atoms with Crippen molar-refractivity contribution in [2.24, 2.45) is 10.9 Å². The van der Waals surface area contributed by atoms with Crippen LogP contribution in [0.4, 0.5) is 0 Å². The highest BCUT2D eigenvalue weighted by atomic mass is 32.2. The zero-order valence-electron chi connectivity index (χ0n) is 5.21. The highest BCUT2D eigenvalue weighted by Gasteiger charge is 2.21. The molecule has 2 heteroatoms. The summed E-state index contributed by atoms with van der Waals surface area (Å²) in [5, 5.41) is 0. The minimum atomic E-state index is 0.792. The van der Waals surface area contributed by atoms with Crippen LogP contribution in [-0.2, 0) is 0 Å². The van der Waals surface area contributed by atoms with Crippen LogP contribution >= 0.6 is 11.8 Å². The maximum Gasteiger partial charge on any atom is 0.0463 e. The first kappa shape index (κ1) is 5.54. The topological polar surface area (TPSA) is 12.4 Å². The maximum atomic E-state index is 4.21. The van der Waals surface area contributed by atoms with Gasteiger partial charge in [-0.2, -0.15) is 11.8 Å². The summed E-state index contributed by atoms with van der Waals surface area (Å²) < 4.78 is 0. The summed E-state index contributed by atoms with van der Waals surface area (Å²) in [5.74, 6) is 3.33. The molecule has 1 nitrogen and oxygen atoms in total. The van der Waals surface area contributed by atoms with Crippen LogP contribution in [-0.4, -0.2) is 24.3 Å². The van der Waals surface area contributed by atoms with Gasteiger partial charge in [0.05, 0.1) is 0 Å². The average Bonchev–Trinajstić information content (AvgIpc) is 2.33. The summed E-state index contributed by atoms with van der Waals surface area (Å²) in [6.07, 6.45) is 4.12. The monoisotopic (exact) mass is 139 g/mol. The van der Waals surface area contributed by atoms with Crippen LogP contribution in [0.1, 0.15) is 0 Å². The Morgan fingerprint density at radius 2 is 2.67 bits per heavy atom. The van der Waals surface area contributed by atoms with Gasteiger partial charge in [-0.3, -0.25) is 4.99 Å². The zero-order chi connectivity index (χ0) is 6.10. The summed E-state index contributed by atoms with van der Waals surface area (Å²) >= 11 is 2.03. The Morgan fingerprint density at radius 3 is 3.56 bits per heavy atom. The van der Waals surface area contributed by atoms with Crippen molar-refractivity contribution in [2.45, 2.75) is 0 Å². The molecule has 2 rings (SSSR count). The van der Waals surface area contributed by atoms with Gasteiger partial charge < -0.3 is 0 Å². The molecular weight excluding hydrogens is 130 g/mol. The molecule has 0 N–H and O–H groups in total. The van der Waals surface area contributed by atoms with Gasteiger partial charge in [-0.15, -0.1) is 0 Å². The van der Waals surface area contributed by atoms with Crippen molar-refractivity contribution in [1.29, 1.82) is 0 Å². The predicted octanol–water partition coefficient (Wildman–Crippen LogP) is 1.36. The lowest BCUT2D eigenvalue weighted by atomic mass is 10.0. The lowest BCUT2D eigenvalue weighted by molar-refractivity contribution is 0.721. The van der Waals surface area contributed by atoms with E-state index in [0.717, 1.165) is 12.5 Å². The largest absolute Gasteiger partial charge is 0.293 e. The minimum absolute atomic E-state index is 0.792. The number of fused-ring (bicyclic) bond motifs is 1. The van der Waals surface area contributed by atoms with Gasteiger partial charge in [-0.1, -0.05) is 5.57 Å². The fraction of sp³-hybridized carbons (Fsp3) is 0.571. The molecule has 2 aliphatic rings. The van der Waals surface area contributed by atoms with Crippen molar-refractivity contribution < 1.29 is 0 Å². The van der Waals surface area contributed by atoms with Crippen LogP contribution in [0, 0.1) is 5.92 Å². The molecule has 2 heterocycles.